The van der Waals surface area contributed by atoms with Gasteiger partial charge < -0.3 is 14.6 Å². The number of hydrogen-bond acceptors (Lipinski definition) is 5. The first-order valence-electron chi connectivity index (χ1n) is 7.58. The van der Waals surface area contributed by atoms with Crippen LogP contribution in [0, 0.1) is 0 Å². The van der Waals surface area contributed by atoms with Gasteiger partial charge in [-0.25, -0.2) is 0 Å². The number of amides is 1. The third-order valence-corrected chi connectivity index (χ3v) is 3.48. The number of aromatic nitrogens is 2. The van der Waals surface area contributed by atoms with E-state index >= 15 is 0 Å². The van der Waals surface area contributed by atoms with Gasteiger partial charge in [0.1, 0.15) is 5.75 Å². The van der Waals surface area contributed by atoms with Gasteiger partial charge in [0, 0.05) is 23.2 Å². The molecule has 3 aromatic rings. The van der Waals surface area contributed by atoms with Gasteiger partial charge in [0.25, 0.3) is 11.8 Å². The summed E-state index contributed by atoms with van der Waals surface area (Å²) in [7, 11) is 1.56. The molecule has 0 radical (unpaired) electrons. The molecule has 1 heterocycles. The molecule has 0 saturated carbocycles. The molecule has 0 fully saturated rings. The van der Waals surface area contributed by atoms with E-state index in [-0.39, 0.29) is 5.91 Å². The van der Waals surface area contributed by atoms with Crippen molar-refractivity contribution in [3.8, 4) is 17.2 Å². The minimum atomic E-state index is -0.217. The number of ether oxygens (including phenoxy) is 1. The molecule has 1 N–H and O–H groups in total. The van der Waals surface area contributed by atoms with E-state index in [0.717, 1.165) is 5.56 Å². The monoisotopic (exact) mass is 323 g/mol. The first-order valence-corrected chi connectivity index (χ1v) is 7.58. The van der Waals surface area contributed by atoms with Gasteiger partial charge in [-0.2, -0.15) is 4.98 Å². The fraction of sp³-hybridized carbons (Fsp3) is 0.167. The van der Waals surface area contributed by atoms with Gasteiger partial charge in [-0.05, 0) is 36.4 Å². The maximum absolute atomic E-state index is 12.4. The maximum Gasteiger partial charge on any atom is 0.257 e. The van der Waals surface area contributed by atoms with Crippen LogP contribution in [0.2, 0.25) is 0 Å². The number of methoxy groups -OCH3 is 1. The van der Waals surface area contributed by atoms with Crippen molar-refractivity contribution in [1.29, 1.82) is 0 Å². The standard InChI is InChI=1S/C18H17N3O3/c1-3-16-20-18(24-21-16)13-7-4-8-14(10-13)19-17(22)12-6-5-9-15(11-12)23-2/h4-11H,3H2,1-2H3,(H,19,22). The van der Waals surface area contributed by atoms with E-state index < -0.39 is 0 Å². The lowest BCUT2D eigenvalue weighted by Gasteiger charge is -2.07. The second-order valence-electron chi connectivity index (χ2n) is 5.14. The van der Waals surface area contributed by atoms with Crippen molar-refractivity contribution in [2.24, 2.45) is 0 Å². The fourth-order valence-electron chi connectivity index (χ4n) is 2.21. The minimum Gasteiger partial charge on any atom is -0.497 e. The van der Waals surface area contributed by atoms with E-state index in [1.807, 2.05) is 19.1 Å². The number of aryl methyl sites for hydroxylation is 1. The summed E-state index contributed by atoms with van der Waals surface area (Å²) in [6, 6.07) is 14.3. The average Bonchev–Trinajstić information content (AvgIpc) is 3.11. The van der Waals surface area contributed by atoms with Crippen molar-refractivity contribution >= 4 is 11.6 Å². The zero-order valence-electron chi connectivity index (χ0n) is 13.4. The largest absolute Gasteiger partial charge is 0.497 e. The molecule has 0 spiro atoms. The Bertz CT molecular complexity index is 858. The van der Waals surface area contributed by atoms with Gasteiger partial charge >= 0.3 is 0 Å². The van der Waals surface area contributed by atoms with Crippen molar-refractivity contribution in [2.75, 3.05) is 12.4 Å². The zero-order chi connectivity index (χ0) is 16.9. The number of carbonyl (C=O) groups is 1. The maximum atomic E-state index is 12.4. The van der Waals surface area contributed by atoms with Gasteiger partial charge in [-0.15, -0.1) is 0 Å². The van der Waals surface area contributed by atoms with E-state index in [4.69, 9.17) is 9.26 Å². The molecule has 6 nitrogen and oxygen atoms in total. The second kappa shape index (κ2) is 6.95. The molecule has 0 atom stereocenters. The molecule has 0 bridgehead atoms. The number of carbonyl (C=O) groups excluding carboxylic acids is 1. The molecule has 0 unspecified atom stereocenters. The zero-order valence-corrected chi connectivity index (χ0v) is 13.4. The Morgan fingerprint density at radius 2 is 2.04 bits per heavy atom. The van der Waals surface area contributed by atoms with Crippen LogP contribution in [-0.4, -0.2) is 23.2 Å². The highest BCUT2D eigenvalue weighted by molar-refractivity contribution is 6.04. The Hall–Kier alpha value is -3.15. The number of rotatable bonds is 5. The third-order valence-electron chi connectivity index (χ3n) is 3.48. The van der Waals surface area contributed by atoms with Crippen LogP contribution in [0.1, 0.15) is 23.1 Å². The van der Waals surface area contributed by atoms with Crippen molar-refractivity contribution in [1.82, 2.24) is 10.1 Å². The van der Waals surface area contributed by atoms with E-state index in [2.05, 4.69) is 15.5 Å². The van der Waals surface area contributed by atoms with Gasteiger partial charge in [0.05, 0.1) is 7.11 Å². The Morgan fingerprint density at radius 3 is 2.79 bits per heavy atom. The summed E-state index contributed by atoms with van der Waals surface area (Å²) in [6.45, 7) is 1.96. The molecule has 3 rings (SSSR count). The molecular weight excluding hydrogens is 306 g/mol. The average molecular weight is 323 g/mol. The Labute approximate surface area is 139 Å². The van der Waals surface area contributed by atoms with Gasteiger partial charge in [0.15, 0.2) is 5.82 Å². The summed E-state index contributed by atoms with van der Waals surface area (Å²) in [4.78, 5) is 16.7. The van der Waals surface area contributed by atoms with Gasteiger partial charge in [0.2, 0.25) is 0 Å². The first kappa shape index (κ1) is 15.7. The molecule has 0 aliphatic heterocycles. The summed E-state index contributed by atoms with van der Waals surface area (Å²) >= 11 is 0. The molecule has 0 aliphatic rings. The highest BCUT2D eigenvalue weighted by atomic mass is 16.5. The summed E-state index contributed by atoms with van der Waals surface area (Å²) in [5.41, 5.74) is 1.92. The lowest BCUT2D eigenvalue weighted by molar-refractivity contribution is 0.102. The van der Waals surface area contributed by atoms with Crippen LogP contribution in [0.25, 0.3) is 11.5 Å². The summed E-state index contributed by atoms with van der Waals surface area (Å²) in [5, 5.41) is 6.74. The number of nitrogens with zero attached hydrogens (tertiary/aromatic N) is 2. The molecule has 122 valence electrons. The Morgan fingerprint density at radius 1 is 1.21 bits per heavy atom. The smallest absolute Gasteiger partial charge is 0.257 e. The number of anilines is 1. The van der Waals surface area contributed by atoms with E-state index in [1.54, 1.807) is 43.5 Å². The summed E-state index contributed by atoms with van der Waals surface area (Å²) in [6.07, 6.45) is 0.704. The third kappa shape index (κ3) is 3.43. The molecule has 0 saturated heterocycles. The Kier molecular flexibility index (Phi) is 4.56. The van der Waals surface area contributed by atoms with Crippen LogP contribution in [0.3, 0.4) is 0 Å². The predicted octanol–water partition coefficient (Wildman–Crippen LogP) is 3.56. The molecule has 0 aliphatic carbocycles. The van der Waals surface area contributed by atoms with Crippen molar-refractivity contribution < 1.29 is 14.1 Å². The highest BCUT2D eigenvalue weighted by Gasteiger charge is 2.11. The van der Waals surface area contributed by atoms with Crippen molar-refractivity contribution in [3.05, 3.63) is 59.9 Å². The molecule has 24 heavy (non-hydrogen) atoms. The quantitative estimate of drug-likeness (QED) is 0.777. The van der Waals surface area contributed by atoms with Crippen LogP contribution in [0.15, 0.2) is 53.1 Å². The highest BCUT2D eigenvalue weighted by Crippen LogP contribution is 2.22. The van der Waals surface area contributed by atoms with Crippen LogP contribution < -0.4 is 10.1 Å². The van der Waals surface area contributed by atoms with E-state index in [0.29, 0.717) is 35.1 Å². The Balaban J connectivity index is 1.80. The minimum absolute atomic E-state index is 0.217. The lowest BCUT2D eigenvalue weighted by Crippen LogP contribution is -2.11. The molecule has 1 amide bonds. The fourth-order valence-corrected chi connectivity index (χ4v) is 2.21. The second-order valence-corrected chi connectivity index (χ2v) is 5.14. The summed E-state index contributed by atoms with van der Waals surface area (Å²) in [5.74, 6) is 1.50. The van der Waals surface area contributed by atoms with Crippen LogP contribution in [0.4, 0.5) is 5.69 Å². The molecule has 2 aromatic carbocycles. The van der Waals surface area contributed by atoms with Gasteiger partial charge in [-0.3, -0.25) is 4.79 Å². The molecular formula is C18H17N3O3. The van der Waals surface area contributed by atoms with E-state index in [1.165, 1.54) is 0 Å². The van der Waals surface area contributed by atoms with Crippen LogP contribution >= 0.6 is 0 Å². The molecule has 1 aromatic heterocycles. The van der Waals surface area contributed by atoms with Gasteiger partial charge in [-0.1, -0.05) is 24.2 Å². The van der Waals surface area contributed by atoms with E-state index in [9.17, 15) is 4.79 Å². The number of benzene rings is 2. The summed E-state index contributed by atoms with van der Waals surface area (Å²) < 4.78 is 10.4. The SMILES string of the molecule is CCc1noc(-c2cccc(NC(=O)c3cccc(OC)c3)c2)n1. The van der Waals surface area contributed by atoms with Crippen LogP contribution in [0.5, 0.6) is 5.75 Å². The lowest BCUT2D eigenvalue weighted by atomic mass is 10.1. The van der Waals surface area contributed by atoms with Crippen LogP contribution in [-0.2, 0) is 6.42 Å². The van der Waals surface area contributed by atoms with Crippen molar-refractivity contribution in [2.45, 2.75) is 13.3 Å². The van der Waals surface area contributed by atoms with Crippen molar-refractivity contribution in [3.63, 3.8) is 0 Å². The topological polar surface area (TPSA) is 77.2 Å². The molecule has 6 heteroatoms. The predicted molar refractivity (Wildman–Crippen MR) is 90.1 cm³/mol. The first-order chi connectivity index (χ1) is 11.7. The number of hydrogen-bond donors (Lipinski definition) is 1. The number of nitrogens with one attached hydrogen (secondary N) is 1. The normalized spacial score (nSPS) is 10.4.